The highest BCUT2D eigenvalue weighted by Gasteiger charge is 2.43. The van der Waals surface area contributed by atoms with Gasteiger partial charge in [-0.1, -0.05) is 0 Å². The average molecular weight is 258 g/mol. The van der Waals surface area contributed by atoms with E-state index in [1.165, 1.54) is 16.7 Å². The Kier molecular flexibility index (Phi) is 3.28. The normalized spacial score (nSPS) is 32.6. The third-order valence-corrected chi connectivity index (χ3v) is 4.27. The van der Waals surface area contributed by atoms with E-state index in [2.05, 4.69) is 5.32 Å². The second kappa shape index (κ2) is 4.56. The maximum atomic E-state index is 12.2. The number of aliphatic carboxylic acids is 1. The number of thioether (sulfide) groups is 1. The van der Waals surface area contributed by atoms with Gasteiger partial charge in [0.15, 0.2) is 0 Å². The van der Waals surface area contributed by atoms with Gasteiger partial charge in [0.25, 0.3) is 0 Å². The van der Waals surface area contributed by atoms with Crippen molar-refractivity contribution in [1.82, 2.24) is 10.2 Å². The van der Waals surface area contributed by atoms with E-state index < -0.39 is 18.1 Å². The van der Waals surface area contributed by atoms with E-state index in [0.717, 1.165) is 0 Å². The lowest BCUT2D eigenvalue weighted by Gasteiger charge is -2.27. The fourth-order valence-corrected chi connectivity index (χ4v) is 3.32. The Bertz CT molecular complexity index is 373. The molecule has 2 N–H and O–H groups in total. The van der Waals surface area contributed by atoms with Gasteiger partial charge in [0.2, 0.25) is 11.8 Å². The summed E-state index contributed by atoms with van der Waals surface area (Å²) >= 11 is 1.44. The SMILES string of the molecule is CC1SCC(C(=O)O)N1C(=O)[C@H]1CCC(=O)N1. The Morgan fingerprint density at radius 3 is 2.76 bits per heavy atom. The zero-order valence-corrected chi connectivity index (χ0v) is 10.2. The van der Waals surface area contributed by atoms with Crippen molar-refractivity contribution in [2.24, 2.45) is 0 Å². The van der Waals surface area contributed by atoms with Crippen molar-refractivity contribution in [2.45, 2.75) is 37.2 Å². The van der Waals surface area contributed by atoms with Crippen LogP contribution in [0.15, 0.2) is 0 Å². The first-order chi connectivity index (χ1) is 8.00. The molecule has 0 aromatic heterocycles. The molecule has 2 heterocycles. The third-order valence-electron chi connectivity index (χ3n) is 3.06. The summed E-state index contributed by atoms with van der Waals surface area (Å²) in [6.45, 7) is 1.81. The predicted molar refractivity (Wildman–Crippen MR) is 61.4 cm³/mol. The Labute approximate surface area is 103 Å². The van der Waals surface area contributed by atoms with Gasteiger partial charge in [0.1, 0.15) is 12.1 Å². The summed E-state index contributed by atoms with van der Waals surface area (Å²) < 4.78 is 0. The molecule has 2 aliphatic heterocycles. The number of rotatable bonds is 2. The molecule has 3 atom stereocenters. The van der Waals surface area contributed by atoms with Crippen LogP contribution in [0.5, 0.6) is 0 Å². The summed E-state index contributed by atoms with van der Waals surface area (Å²) in [6.07, 6.45) is 0.793. The molecule has 94 valence electrons. The summed E-state index contributed by atoms with van der Waals surface area (Å²) in [5.74, 6) is -1.00. The van der Waals surface area contributed by atoms with Gasteiger partial charge in [-0.3, -0.25) is 9.59 Å². The van der Waals surface area contributed by atoms with Crippen LogP contribution in [0.3, 0.4) is 0 Å². The van der Waals surface area contributed by atoms with Crippen molar-refractivity contribution >= 4 is 29.5 Å². The molecule has 2 aliphatic rings. The Morgan fingerprint density at radius 2 is 2.24 bits per heavy atom. The van der Waals surface area contributed by atoms with E-state index in [1.54, 1.807) is 0 Å². The molecule has 17 heavy (non-hydrogen) atoms. The van der Waals surface area contributed by atoms with Crippen molar-refractivity contribution in [2.75, 3.05) is 5.75 Å². The fraction of sp³-hybridized carbons (Fsp3) is 0.700. The van der Waals surface area contributed by atoms with Crippen LogP contribution in [0, 0.1) is 0 Å². The summed E-state index contributed by atoms with van der Waals surface area (Å²) in [5.41, 5.74) is 0. The summed E-state index contributed by atoms with van der Waals surface area (Å²) in [4.78, 5) is 35.6. The molecule has 0 aromatic carbocycles. The molecule has 2 amide bonds. The molecule has 7 heteroatoms. The standard InChI is InChI=1S/C10H14N2O4S/c1-5-12(7(4-17-5)10(15)16)9(14)6-2-3-8(13)11-6/h5-7H,2-4H2,1H3,(H,11,13)(H,15,16)/t5?,6-,7?/m1/s1. The molecule has 0 aromatic rings. The zero-order chi connectivity index (χ0) is 12.6. The van der Waals surface area contributed by atoms with Crippen LogP contribution in [0.4, 0.5) is 0 Å². The van der Waals surface area contributed by atoms with Crippen molar-refractivity contribution in [3.8, 4) is 0 Å². The molecule has 0 radical (unpaired) electrons. The van der Waals surface area contributed by atoms with Gasteiger partial charge in [-0.2, -0.15) is 0 Å². The Balaban J connectivity index is 2.11. The number of hydrogen-bond donors (Lipinski definition) is 2. The number of carboxylic acids is 1. The lowest BCUT2D eigenvalue weighted by atomic mass is 10.1. The van der Waals surface area contributed by atoms with Crippen molar-refractivity contribution in [3.63, 3.8) is 0 Å². The highest BCUT2D eigenvalue weighted by Crippen LogP contribution is 2.30. The van der Waals surface area contributed by atoms with E-state index >= 15 is 0 Å². The lowest BCUT2D eigenvalue weighted by molar-refractivity contribution is -0.149. The van der Waals surface area contributed by atoms with Gasteiger partial charge in [-0.25, -0.2) is 4.79 Å². The first-order valence-electron chi connectivity index (χ1n) is 5.46. The van der Waals surface area contributed by atoms with Crippen LogP contribution in [0.1, 0.15) is 19.8 Å². The Hall–Kier alpha value is -1.24. The minimum absolute atomic E-state index is 0.144. The summed E-state index contributed by atoms with van der Waals surface area (Å²) in [6, 6.07) is -1.33. The number of nitrogens with one attached hydrogen (secondary N) is 1. The van der Waals surface area contributed by atoms with E-state index in [-0.39, 0.29) is 17.2 Å². The summed E-state index contributed by atoms with van der Waals surface area (Å²) in [5, 5.41) is 11.5. The minimum Gasteiger partial charge on any atom is -0.480 e. The third kappa shape index (κ3) is 2.24. The molecule has 0 spiro atoms. The molecule has 6 nitrogen and oxygen atoms in total. The van der Waals surface area contributed by atoms with Crippen molar-refractivity contribution < 1.29 is 19.5 Å². The number of amides is 2. The second-order valence-electron chi connectivity index (χ2n) is 4.19. The monoisotopic (exact) mass is 258 g/mol. The van der Waals surface area contributed by atoms with Crippen LogP contribution in [-0.2, 0) is 14.4 Å². The van der Waals surface area contributed by atoms with E-state index in [9.17, 15) is 14.4 Å². The van der Waals surface area contributed by atoms with Crippen molar-refractivity contribution in [3.05, 3.63) is 0 Å². The second-order valence-corrected chi connectivity index (χ2v) is 5.54. The van der Waals surface area contributed by atoms with Crippen LogP contribution in [0.2, 0.25) is 0 Å². The summed E-state index contributed by atoms with van der Waals surface area (Å²) in [7, 11) is 0. The number of hydrogen-bond acceptors (Lipinski definition) is 4. The predicted octanol–water partition coefficient (Wildman–Crippen LogP) is -0.360. The van der Waals surface area contributed by atoms with Crippen LogP contribution in [0.25, 0.3) is 0 Å². The topological polar surface area (TPSA) is 86.7 Å². The largest absolute Gasteiger partial charge is 0.480 e. The van der Waals surface area contributed by atoms with E-state index in [4.69, 9.17) is 5.11 Å². The molecular weight excluding hydrogens is 244 g/mol. The Morgan fingerprint density at radius 1 is 1.53 bits per heavy atom. The van der Waals surface area contributed by atoms with E-state index in [0.29, 0.717) is 18.6 Å². The number of nitrogens with zero attached hydrogens (tertiary/aromatic N) is 1. The molecule has 0 aliphatic carbocycles. The number of carbonyl (C=O) groups excluding carboxylic acids is 2. The molecule has 2 rings (SSSR count). The maximum absolute atomic E-state index is 12.2. The fourth-order valence-electron chi connectivity index (χ4n) is 2.15. The van der Waals surface area contributed by atoms with Crippen molar-refractivity contribution in [1.29, 1.82) is 0 Å². The number of carboxylic acid groups (broad SMARTS) is 1. The zero-order valence-electron chi connectivity index (χ0n) is 9.38. The average Bonchev–Trinajstić information content (AvgIpc) is 2.83. The van der Waals surface area contributed by atoms with Crippen LogP contribution < -0.4 is 5.32 Å². The molecule has 2 unspecified atom stereocenters. The molecule has 0 saturated carbocycles. The van der Waals surface area contributed by atoms with Crippen LogP contribution >= 0.6 is 11.8 Å². The van der Waals surface area contributed by atoms with Gasteiger partial charge < -0.3 is 15.3 Å². The highest BCUT2D eigenvalue weighted by molar-refractivity contribution is 8.00. The molecule has 0 bridgehead atoms. The molecule has 2 saturated heterocycles. The minimum atomic E-state index is -0.987. The van der Waals surface area contributed by atoms with Crippen LogP contribution in [-0.4, -0.2) is 51.0 Å². The first kappa shape index (κ1) is 12.2. The maximum Gasteiger partial charge on any atom is 0.327 e. The lowest BCUT2D eigenvalue weighted by Crippen LogP contribution is -2.51. The van der Waals surface area contributed by atoms with Gasteiger partial charge in [0.05, 0.1) is 5.37 Å². The van der Waals surface area contributed by atoms with Gasteiger partial charge >= 0.3 is 5.97 Å². The molecule has 2 fully saturated rings. The number of carbonyl (C=O) groups is 3. The van der Waals surface area contributed by atoms with Gasteiger partial charge in [-0.15, -0.1) is 11.8 Å². The van der Waals surface area contributed by atoms with Gasteiger partial charge in [0, 0.05) is 12.2 Å². The van der Waals surface area contributed by atoms with E-state index in [1.807, 2.05) is 6.92 Å². The quantitative estimate of drug-likeness (QED) is 0.706. The first-order valence-corrected chi connectivity index (χ1v) is 6.51. The van der Waals surface area contributed by atoms with Gasteiger partial charge in [-0.05, 0) is 13.3 Å². The smallest absolute Gasteiger partial charge is 0.327 e. The highest BCUT2D eigenvalue weighted by atomic mass is 32.2. The molecular formula is C10H14N2O4S.